The van der Waals surface area contributed by atoms with Crippen molar-refractivity contribution in [3.8, 4) is 0 Å². The van der Waals surface area contributed by atoms with E-state index in [4.69, 9.17) is 0 Å². The van der Waals surface area contributed by atoms with E-state index in [2.05, 4.69) is 0 Å². The molecule has 0 aliphatic carbocycles. The maximum atomic E-state index is 13.1. The number of hydrogen-bond donors (Lipinski definition) is 0. The van der Waals surface area contributed by atoms with Gasteiger partial charge in [0, 0.05) is 13.1 Å². The Balaban J connectivity index is 2.48. The van der Waals surface area contributed by atoms with Crippen LogP contribution in [0.1, 0.15) is 0 Å². The summed E-state index contributed by atoms with van der Waals surface area (Å²) in [6.07, 6.45) is 0. The normalized spacial score (nSPS) is 11.3. The van der Waals surface area contributed by atoms with E-state index < -0.39 is 26.6 Å². The second-order valence-electron chi connectivity index (χ2n) is 3.91. The lowest BCUT2D eigenvalue weighted by atomic mass is 10.3. The minimum Gasteiger partial charge on any atom is -0.269 e. The van der Waals surface area contributed by atoms with Gasteiger partial charge in [0.15, 0.2) is 0 Å². The quantitative estimate of drug-likeness (QED) is 0.868. The van der Waals surface area contributed by atoms with E-state index in [9.17, 15) is 17.2 Å². The average Bonchev–Trinajstić information content (AvgIpc) is 2.37. The highest BCUT2D eigenvalue weighted by Gasteiger charge is 2.22. The van der Waals surface area contributed by atoms with Crippen LogP contribution in [0.3, 0.4) is 0 Å². The Morgan fingerprint density at radius 2 is 1.47 bits per heavy atom. The highest BCUT2D eigenvalue weighted by Crippen LogP contribution is 2.22. The molecule has 0 spiro atoms. The predicted molar refractivity (Wildman–Crippen MR) is 68.4 cm³/mol. The first-order chi connectivity index (χ1) is 8.91. The molecule has 0 atom stereocenters. The monoisotopic (exact) mass is 283 g/mol. The molecule has 6 heteroatoms. The van der Waals surface area contributed by atoms with Crippen molar-refractivity contribution >= 4 is 15.7 Å². The van der Waals surface area contributed by atoms with Crippen LogP contribution in [0.15, 0.2) is 53.4 Å². The fraction of sp³-hybridized carbons (Fsp3) is 0.0769. The molecule has 0 heterocycles. The summed E-state index contributed by atoms with van der Waals surface area (Å²) >= 11 is 0. The van der Waals surface area contributed by atoms with E-state index in [1.165, 1.54) is 7.05 Å². The van der Waals surface area contributed by atoms with Gasteiger partial charge in [0.1, 0.15) is 11.6 Å². The Hall–Kier alpha value is -1.95. The van der Waals surface area contributed by atoms with Crippen LogP contribution in [-0.4, -0.2) is 15.5 Å². The zero-order valence-electron chi connectivity index (χ0n) is 10.0. The molecule has 0 aliphatic heterocycles. The number of para-hydroxylation sites is 1. The number of anilines is 1. The number of halogens is 2. The highest BCUT2D eigenvalue weighted by atomic mass is 32.2. The Bertz CT molecular complexity index is 667. The van der Waals surface area contributed by atoms with Crippen molar-refractivity contribution in [2.45, 2.75) is 4.90 Å². The van der Waals surface area contributed by atoms with Crippen molar-refractivity contribution in [1.82, 2.24) is 0 Å². The number of sulfonamides is 1. The SMILES string of the molecule is CN(c1ccccc1)S(=O)(=O)c1cc(F)cc(F)c1. The molecule has 0 radical (unpaired) electrons. The van der Waals surface area contributed by atoms with E-state index in [0.29, 0.717) is 11.8 Å². The summed E-state index contributed by atoms with van der Waals surface area (Å²) in [4.78, 5) is -0.420. The number of rotatable bonds is 3. The Morgan fingerprint density at radius 3 is 2.00 bits per heavy atom. The maximum Gasteiger partial charge on any atom is 0.264 e. The molecule has 0 amide bonds. The Labute approximate surface area is 110 Å². The van der Waals surface area contributed by atoms with Gasteiger partial charge in [-0.1, -0.05) is 18.2 Å². The summed E-state index contributed by atoms with van der Waals surface area (Å²) in [6, 6.07) is 10.5. The van der Waals surface area contributed by atoms with Gasteiger partial charge in [-0.25, -0.2) is 17.2 Å². The molecule has 2 aromatic rings. The molecule has 0 fully saturated rings. The second-order valence-corrected chi connectivity index (χ2v) is 5.88. The fourth-order valence-electron chi connectivity index (χ4n) is 1.61. The van der Waals surface area contributed by atoms with Crippen LogP contribution >= 0.6 is 0 Å². The van der Waals surface area contributed by atoms with Gasteiger partial charge >= 0.3 is 0 Å². The molecule has 3 nitrogen and oxygen atoms in total. The third-order valence-corrected chi connectivity index (χ3v) is 4.38. The van der Waals surface area contributed by atoms with Crippen LogP contribution in [0.4, 0.5) is 14.5 Å². The first kappa shape index (κ1) is 13.5. The second kappa shape index (κ2) is 4.97. The van der Waals surface area contributed by atoms with Crippen LogP contribution in [0.2, 0.25) is 0 Å². The molecule has 2 aromatic carbocycles. The van der Waals surface area contributed by atoms with Crippen LogP contribution < -0.4 is 4.31 Å². The zero-order valence-corrected chi connectivity index (χ0v) is 10.9. The van der Waals surface area contributed by atoms with Crippen LogP contribution in [0, 0.1) is 11.6 Å². The molecule has 0 saturated carbocycles. The van der Waals surface area contributed by atoms with Crippen molar-refractivity contribution in [1.29, 1.82) is 0 Å². The number of hydrogen-bond acceptors (Lipinski definition) is 2. The lowest BCUT2D eigenvalue weighted by Crippen LogP contribution is -2.26. The number of nitrogens with zero attached hydrogens (tertiary/aromatic N) is 1. The topological polar surface area (TPSA) is 37.4 Å². The minimum absolute atomic E-state index is 0.409. The first-order valence-electron chi connectivity index (χ1n) is 5.41. The Kier molecular flexibility index (Phi) is 3.53. The van der Waals surface area contributed by atoms with Gasteiger partial charge in [-0.05, 0) is 24.3 Å². The van der Waals surface area contributed by atoms with E-state index in [1.807, 2.05) is 0 Å². The third-order valence-electron chi connectivity index (χ3n) is 2.61. The van der Waals surface area contributed by atoms with Gasteiger partial charge in [-0.15, -0.1) is 0 Å². The molecule has 0 bridgehead atoms. The van der Waals surface area contributed by atoms with E-state index in [1.54, 1.807) is 30.3 Å². The van der Waals surface area contributed by atoms with Crippen molar-refractivity contribution < 1.29 is 17.2 Å². The number of benzene rings is 2. The van der Waals surface area contributed by atoms with Gasteiger partial charge < -0.3 is 0 Å². The smallest absolute Gasteiger partial charge is 0.264 e. The fourth-order valence-corrected chi connectivity index (χ4v) is 2.85. The molecule has 0 unspecified atom stereocenters. The summed E-state index contributed by atoms with van der Waals surface area (Å²) in [5.74, 6) is -1.86. The van der Waals surface area contributed by atoms with Crippen LogP contribution in [-0.2, 0) is 10.0 Å². The Morgan fingerprint density at radius 1 is 0.947 bits per heavy atom. The van der Waals surface area contributed by atoms with Gasteiger partial charge in [-0.2, -0.15) is 0 Å². The van der Waals surface area contributed by atoms with Crippen LogP contribution in [0.25, 0.3) is 0 Å². The van der Waals surface area contributed by atoms with E-state index in [0.717, 1.165) is 16.4 Å². The average molecular weight is 283 g/mol. The highest BCUT2D eigenvalue weighted by molar-refractivity contribution is 7.92. The van der Waals surface area contributed by atoms with E-state index >= 15 is 0 Å². The van der Waals surface area contributed by atoms with Gasteiger partial charge in [0.05, 0.1) is 10.6 Å². The first-order valence-corrected chi connectivity index (χ1v) is 6.85. The van der Waals surface area contributed by atoms with Crippen molar-refractivity contribution in [3.63, 3.8) is 0 Å². The summed E-state index contributed by atoms with van der Waals surface area (Å²) < 4.78 is 51.6. The molecule has 19 heavy (non-hydrogen) atoms. The summed E-state index contributed by atoms with van der Waals surface area (Å²) in [5, 5.41) is 0. The third kappa shape index (κ3) is 2.73. The van der Waals surface area contributed by atoms with Crippen LogP contribution in [0.5, 0.6) is 0 Å². The molecule has 0 saturated heterocycles. The van der Waals surface area contributed by atoms with Crippen molar-refractivity contribution in [3.05, 3.63) is 60.2 Å². The molecule has 0 N–H and O–H groups in total. The van der Waals surface area contributed by atoms with Gasteiger partial charge in [0.25, 0.3) is 10.0 Å². The van der Waals surface area contributed by atoms with E-state index in [-0.39, 0.29) is 0 Å². The minimum atomic E-state index is -3.98. The molecule has 0 aromatic heterocycles. The summed E-state index contributed by atoms with van der Waals surface area (Å²) in [5.41, 5.74) is 0.409. The zero-order chi connectivity index (χ0) is 14.0. The predicted octanol–water partition coefficient (Wildman–Crippen LogP) is 2.79. The molecular weight excluding hydrogens is 272 g/mol. The van der Waals surface area contributed by atoms with Crippen molar-refractivity contribution in [2.24, 2.45) is 0 Å². The largest absolute Gasteiger partial charge is 0.269 e. The molecule has 2 rings (SSSR count). The van der Waals surface area contributed by atoms with Gasteiger partial charge in [0.2, 0.25) is 0 Å². The lowest BCUT2D eigenvalue weighted by molar-refractivity contribution is 0.566. The maximum absolute atomic E-state index is 13.1. The summed E-state index contributed by atoms with van der Waals surface area (Å²) in [6.45, 7) is 0. The molecule has 100 valence electrons. The molecular formula is C13H11F2NO2S. The molecule has 0 aliphatic rings. The lowest BCUT2D eigenvalue weighted by Gasteiger charge is -2.19. The standard InChI is InChI=1S/C13H11F2NO2S/c1-16(12-5-3-2-4-6-12)19(17,18)13-8-10(14)7-11(15)9-13/h2-9H,1H3. The van der Waals surface area contributed by atoms with Crippen molar-refractivity contribution in [2.75, 3.05) is 11.4 Å². The summed E-state index contributed by atoms with van der Waals surface area (Å²) in [7, 11) is -2.66. The van der Waals surface area contributed by atoms with Gasteiger partial charge in [-0.3, -0.25) is 4.31 Å².